The highest BCUT2D eigenvalue weighted by atomic mass is 32.2. The van der Waals surface area contributed by atoms with Crippen molar-refractivity contribution in [1.29, 1.82) is 0 Å². The third kappa shape index (κ3) is 6.83. The van der Waals surface area contributed by atoms with Gasteiger partial charge in [0.15, 0.2) is 11.5 Å². The Bertz CT molecular complexity index is 1460. The first-order valence-corrected chi connectivity index (χ1v) is 13.3. The van der Waals surface area contributed by atoms with Gasteiger partial charge in [0.25, 0.3) is 0 Å². The molecule has 3 aromatic rings. The molecule has 0 fully saturated rings. The molecule has 0 radical (unpaired) electrons. The number of rotatable bonds is 11. The van der Waals surface area contributed by atoms with Gasteiger partial charge in [-0.25, -0.2) is 9.18 Å². The van der Waals surface area contributed by atoms with Gasteiger partial charge < -0.3 is 23.5 Å². The lowest BCUT2D eigenvalue weighted by Gasteiger charge is -2.20. The molecule has 1 N–H and O–H groups in total. The number of halogens is 1. The zero-order valence-electron chi connectivity index (χ0n) is 21.7. The fourth-order valence-electron chi connectivity index (χ4n) is 3.87. The van der Waals surface area contributed by atoms with Crippen molar-refractivity contribution in [2.45, 2.75) is 20.3 Å². The van der Waals surface area contributed by atoms with Gasteiger partial charge in [-0.05, 0) is 61.7 Å². The highest BCUT2D eigenvalue weighted by Gasteiger charge is 2.27. The van der Waals surface area contributed by atoms with Crippen molar-refractivity contribution in [2.24, 2.45) is 0 Å². The third-order valence-corrected chi connectivity index (χ3v) is 5.92. The number of allylic oxidation sites excluding steroid dienone is 1. The Morgan fingerprint density at radius 3 is 2.16 bits per heavy atom. The molecular formula is C28H29FO8S. The van der Waals surface area contributed by atoms with E-state index in [-0.39, 0.29) is 40.7 Å². The largest absolute Gasteiger partial charge is 0.496 e. The van der Waals surface area contributed by atoms with Crippen molar-refractivity contribution >= 4 is 16.1 Å². The summed E-state index contributed by atoms with van der Waals surface area (Å²) in [5, 5.41) is 10.2. The van der Waals surface area contributed by atoms with Gasteiger partial charge in [-0.1, -0.05) is 29.8 Å². The van der Waals surface area contributed by atoms with Crippen molar-refractivity contribution in [1.82, 2.24) is 0 Å². The van der Waals surface area contributed by atoms with Crippen LogP contribution in [0.2, 0.25) is 0 Å². The maximum absolute atomic E-state index is 13.6. The van der Waals surface area contributed by atoms with Crippen LogP contribution in [0.4, 0.5) is 4.39 Å². The van der Waals surface area contributed by atoms with Gasteiger partial charge in [0.1, 0.15) is 22.9 Å². The van der Waals surface area contributed by atoms with Crippen LogP contribution in [0.15, 0.2) is 60.2 Å². The lowest BCUT2D eigenvalue weighted by atomic mass is 9.92. The SMILES string of the molecule is COc1cc(-c2ccc(OCCC=C(C)C)c(OS(C)(=O)=O)c2)c(OC)c(C(=O)O)c1-c1ccc(F)cc1. The number of methoxy groups -OCH3 is 2. The number of carboxylic acids is 1. The second kappa shape index (κ2) is 12.0. The first-order valence-electron chi connectivity index (χ1n) is 11.5. The second-order valence-corrected chi connectivity index (χ2v) is 10.2. The highest BCUT2D eigenvalue weighted by Crippen LogP contribution is 2.46. The van der Waals surface area contributed by atoms with Crippen molar-refractivity contribution in [3.8, 4) is 45.3 Å². The standard InChI is InChI=1S/C28H29FO8S/c1-17(2)7-6-14-36-22-13-10-19(15-23(22)37-38(5,32)33)21-16-24(34-3)25(18-8-11-20(29)12-9-18)26(28(30)31)27(21)35-4/h7-13,15-16H,6,14H2,1-5H3,(H,30,31). The number of benzene rings is 3. The van der Waals surface area contributed by atoms with Crippen LogP contribution in [0, 0.1) is 5.82 Å². The molecule has 10 heteroatoms. The predicted molar refractivity (Wildman–Crippen MR) is 142 cm³/mol. The van der Waals surface area contributed by atoms with E-state index in [1.165, 1.54) is 44.6 Å². The van der Waals surface area contributed by atoms with Crippen LogP contribution in [0.25, 0.3) is 22.3 Å². The van der Waals surface area contributed by atoms with Gasteiger partial charge in [-0.3, -0.25) is 0 Å². The Balaban J connectivity index is 2.22. The van der Waals surface area contributed by atoms with Crippen LogP contribution in [0.5, 0.6) is 23.0 Å². The molecule has 38 heavy (non-hydrogen) atoms. The molecule has 0 saturated heterocycles. The second-order valence-electron chi connectivity index (χ2n) is 8.59. The summed E-state index contributed by atoms with van der Waals surface area (Å²) in [5.41, 5.74) is 2.22. The summed E-state index contributed by atoms with van der Waals surface area (Å²) in [5.74, 6) is -1.45. The molecule has 0 aliphatic carbocycles. The molecule has 0 spiro atoms. The van der Waals surface area contributed by atoms with E-state index in [0.29, 0.717) is 23.1 Å². The summed E-state index contributed by atoms with van der Waals surface area (Å²) in [7, 11) is -1.21. The minimum Gasteiger partial charge on any atom is -0.496 e. The van der Waals surface area contributed by atoms with Gasteiger partial charge in [-0.2, -0.15) is 8.42 Å². The Labute approximate surface area is 221 Å². The number of aromatic carboxylic acids is 1. The summed E-state index contributed by atoms with van der Waals surface area (Å²) in [6.45, 7) is 4.21. The average Bonchev–Trinajstić information content (AvgIpc) is 2.85. The maximum atomic E-state index is 13.6. The van der Waals surface area contributed by atoms with Crippen LogP contribution in [-0.4, -0.2) is 46.6 Å². The molecule has 3 rings (SSSR count). The minimum atomic E-state index is -3.91. The van der Waals surface area contributed by atoms with Crippen LogP contribution >= 0.6 is 0 Å². The average molecular weight is 545 g/mol. The lowest BCUT2D eigenvalue weighted by molar-refractivity contribution is 0.0694. The summed E-state index contributed by atoms with van der Waals surface area (Å²) >= 11 is 0. The Kier molecular flexibility index (Phi) is 9.00. The van der Waals surface area contributed by atoms with Crippen molar-refractivity contribution in [3.63, 3.8) is 0 Å². The molecule has 0 aromatic heterocycles. The van der Waals surface area contributed by atoms with Crippen LogP contribution in [0.1, 0.15) is 30.6 Å². The van der Waals surface area contributed by atoms with E-state index >= 15 is 0 Å². The molecule has 0 amide bonds. The molecule has 3 aromatic carbocycles. The van der Waals surface area contributed by atoms with Crippen molar-refractivity contribution < 1.29 is 41.1 Å². The van der Waals surface area contributed by atoms with Crippen LogP contribution in [0.3, 0.4) is 0 Å². The Morgan fingerprint density at radius 2 is 1.61 bits per heavy atom. The quantitative estimate of drug-likeness (QED) is 0.179. The maximum Gasteiger partial charge on any atom is 0.340 e. The van der Waals surface area contributed by atoms with E-state index in [0.717, 1.165) is 11.8 Å². The number of hydrogen-bond acceptors (Lipinski definition) is 7. The summed E-state index contributed by atoms with van der Waals surface area (Å²) in [6, 6.07) is 11.5. The fraction of sp³-hybridized carbons (Fsp3) is 0.250. The van der Waals surface area contributed by atoms with E-state index in [4.69, 9.17) is 18.4 Å². The smallest absolute Gasteiger partial charge is 0.340 e. The zero-order valence-corrected chi connectivity index (χ0v) is 22.5. The van der Waals surface area contributed by atoms with Crippen LogP contribution in [-0.2, 0) is 10.1 Å². The predicted octanol–water partition coefficient (Wildman–Crippen LogP) is 5.95. The first-order chi connectivity index (χ1) is 17.9. The van der Waals surface area contributed by atoms with E-state index in [9.17, 15) is 22.7 Å². The third-order valence-electron chi connectivity index (χ3n) is 5.44. The molecule has 0 saturated carbocycles. The summed E-state index contributed by atoms with van der Waals surface area (Å²) in [6.07, 6.45) is 3.51. The van der Waals surface area contributed by atoms with Gasteiger partial charge in [-0.15, -0.1) is 0 Å². The highest BCUT2D eigenvalue weighted by molar-refractivity contribution is 7.86. The monoisotopic (exact) mass is 544 g/mol. The topological polar surface area (TPSA) is 108 Å². The normalized spacial score (nSPS) is 11.0. The van der Waals surface area contributed by atoms with Crippen molar-refractivity contribution in [2.75, 3.05) is 27.1 Å². The van der Waals surface area contributed by atoms with Gasteiger partial charge in [0, 0.05) is 11.1 Å². The first kappa shape index (κ1) is 28.5. The fourth-order valence-corrected chi connectivity index (χ4v) is 4.33. The molecule has 0 aliphatic heterocycles. The Morgan fingerprint density at radius 1 is 0.947 bits per heavy atom. The van der Waals surface area contributed by atoms with Crippen molar-refractivity contribution in [3.05, 3.63) is 71.6 Å². The molecular weight excluding hydrogens is 515 g/mol. The number of carboxylic acid groups (broad SMARTS) is 1. The number of ether oxygens (including phenoxy) is 3. The van der Waals surface area contributed by atoms with Gasteiger partial charge >= 0.3 is 16.1 Å². The van der Waals surface area contributed by atoms with E-state index in [2.05, 4.69) is 0 Å². The molecule has 0 bridgehead atoms. The van der Waals surface area contributed by atoms with E-state index < -0.39 is 21.9 Å². The molecule has 0 aliphatic rings. The van der Waals surface area contributed by atoms with E-state index in [1.54, 1.807) is 18.2 Å². The molecule has 0 atom stereocenters. The minimum absolute atomic E-state index is 0.000146. The Hall–Kier alpha value is -4.05. The summed E-state index contributed by atoms with van der Waals surface area (Å²) in [4.78, 5) is 12.5. The number of carbonyl (C=O) groups is 1. The van der Waals surface area contributed by atoms with Crippen LogP contribution < -0.4 is 18.4 Å². The van der Waals surface area contributed by atoms with E-state index in [1.807, 2.05) is 19.9 Å². The van der Waals surface area contributed by atoms with Gasteiger partial charge in [0.05, 0.1) is 27.1 Å². The lowest BCUT2D eigenvalue weighted by Crippen LogP contribution is -2.09. The molecule has 202 valence electrons. The molecule has 8 nitrogen and oxygen atoms in total. The molecule has 0 unspecified atom stereocenters. The zero-order chi connectivity index (χ0) is 28.0. The van der Waals surface area contributed by atoms with Gasteiger partial charge in [0.2, 0.25) is 0 Å². The summed E-state index contributed by atoms with van der Waals surface area (Å²) < 4.78 is 59.5. The number of hydrogen-bond donors (Lipinski definition) is 1. The molecule has 0 heterocycles.